The van der Waals surface area contributed by atoms with Gasteiger partial charge >= 0.3 is 29.6 Å². The van der Waals surface area contributed by atoms with E-state index in [9.17, 15) is 0 Å². The van der Waals surface area contributed by atoms with E-state index in [0.29, 0.717) is 0 Å². The van der Waals surface area contributed by atoms with Gasteiger partial charge in [-0.2, -0.15) is 0 Å². The van der Waals surface area contributed by atoms with Crippen molar-refractivity contribution < 1.29 is 34.6 Å². The number of hydrogen-bond donors (Lipinski definition) is 1. The van der Waals surface area contributed by atoms with Crippen LogP contribution in [0.2, 0.25) is 0 Å². The van der Waals surface area contributed by atoms with Crippen LogP contribution >= 0.6 is 0 Å². The molecule has 4 N–H and O–H groups in total. The number of hydrogen-bond acceptors (Lipinski definition) is 3. The van der Waals surface area contributed by atoms with E-state index < -0.39 is 5.09 Å². The van der Waals surface area contributed by atoms with Crippen molar-refractivity contribution in [3.63, 3.8) is 0 Å². The van der Waals surface area contributed by atoms with Crippen molar-refractivity contribution in [2.45, 2.75) is 0 Å². The quantitative estimate of drug-likeness (QED) is 0.202. The molecule has 0 radical (unpaired) electrons. The summed E-state index contributed by atoms with van der Waals surface area (Å²) in [6, 6.07) is 0. The van der Waals surface area contributed by atoms with Crippen molar-refractivity contribution in [2.24, 2.45) is 0 Å². The van der Waals surface area contributed by atoms with E-state index in [1.54, 1.807) is 0 Å². The van der Waals surface area contributed by atoms with Crippen LogP contribution in [0.4, 0.5) is 0 Å². The summed E-state index contributed by atoms with van der Waals surface area (Å²) in [5.74, 6) is 0. The van der Waals surface area contributed by atoms with Gasteiger partial charge in [0.2, 0.25) is 0 Å². The smallest absolute Gasteiger partial charge is 0.369 e. The molecule has 0 heterocycles. The average molecular weight is 103 g/mol. The Bertz CT molecular complexity index is 31.8. The van der Waals surface area contributed by atoms with Crippen molar-refractivity contribution in [1.82, 2.24) is 6.15 Å². The maximum atomic E-state index is 8.25. The van der Waals surface area contributed by atoms with Gasteiger partial charge < -0.3 is 21.5 Å². The molecule has 0 aromatic carbocycles. The molecule has 0 bridgehead atoms. The summed E-state index contributed by atoms with van der Waals surface area (Å²) in [4.78, 5) is 8.25. The zero-order chi connectivity index (χ0) is 3.58. The van der Waals surface area contributed by atoms with Crippen LogP contribution in [-0.4, -0.2) is 5.09 Å². The van der Waals surface area contributed by atoms with Gasteiger partial charge in [-0.1, -0.05) is 0 Å². The molecule has 0 atom stereocenters. The Morgan fingerprint density at radius 1 is 1.33 bits per heavy atom. The molecule has 0 fully saturated rings. The normalized spacial score (nSPS) is 4.00. The molecule has 5 nitrogen and oxygen atoms in total. The zero-order valence-corrected chi connectivity index (χ0v) is 5.67. The van der Waals surface area contributed by atoms with Crippen molar-refractivity contribution in [1.29, 1.82) is 0 Å². The molecule has 0 unspecified atom stereocenters. The van der Waals surface area contributed by atoms with Gasteiger partial charge in [0.05, 0.1) is 5.09 Å². The van der Waals surface area contributed by atoms with Crippen LogP contribution in [0.5, 0.6) is 0 Å². The fourth-order valence-corrected chi connectivity index (χ4v) is 0. The van der Waals surface area contributed by atoms with Gasteiger partial charge in [0.1, 0.15) is 0 Å². The number of rotatable bonds is 0. The average Bonchev–Trinajstić information content (AvgIpc) is 0.811. The van der Waals surface area contributed by atoms with Gasteiger partial charge in [-0.05, 0) is 0 Å². The maximum absolute atomic E-state index is 8.25. The molecular weight excluding hydrogens is 99.0 g/mol. The van der Waals surface area contributed by atoms with Crippen molar-refractivity contribution in [3.05, 3.63) is 15.3 Å². The fourth-order valence-electron chi connectivity index (χ4n) is 0. The van der Waals surface area contributed by atoms with Crippen LogP contribution in [0.15, 0.2) is 0 Å². The van der Waals surface area contributed by atoms with E-state index >= 15 is 0 Å². The first-order valence-electron chi connectivity index (χ1n) is 0.548. The minimum Gasteiger partial charge on any atom is -0.369 e. The third kappa shape index (κ3) is 1620. The van der Waals surface area contributed by atoms with Crippen LogP contribution in [0.3, 0.4) is 0 Å². The molecule has 0 rings (SSSR count). The second-order valence-electron chi connectivity index (χ2n) is 0.224. The monoisotopic (exact) mass is 103 g/mol. The first-order chi connectivity index (χ1) is 1.73. The molecule has 32 valence electrons. The Kier molecular flexibility index (Phi) is 24.5. The molecule has 6 heavy (non-hydrogen) atoms. The summed E-state index contributed by atoms with van der Waals surface area (Å²) in [6.45, 7) is 0. The fraction of sp³-hybridized carbons (Fsp3) is 0. The molecule has 0 aromatic heterocycles. The molecule has 0 saturated carbocycles. The third-order valence-corrected chi connectivity index (χ3v) is 0. The van der Waals surface area contributed by atoms with Crippen molar-refractivity contribution >= 4 is 0 Å². The summed E-state index contributed by atoms with van der Waals surface area (Å²) >= 11 is 0. The molecule has 0 aliphatic carbocycles. The Morgan fingerprint density at radius 2 is 1.33 bits per heavy atom. The first-order valence-corrected chi connectivity index (χ1v) is 0.548. The van der Waals surface area contributed by atoms with Crippen LogP contribution in [0.25, 0.3) is 0 Å². The Morgan fingerprint density at radius 3 is 1.33 bits per heavy atom. The van der Waals surface area contributed by atoms with Gasteiger partial charge in [0.25, 0.3) is 0 Å². The van der Waals surface area contributed by atoms with Gasteiger partial charge in [-0.25, -0.2) is 0 Å². The Labute approximate surface area is 56.3 Å². The van der Waals surface area contributed by atoms with Crippen LogP contribution < -0.4 is 35.7 Å². The third-order valence-electron chi connectivity index (χ3n) is 0. The number of quaternary nitrogens is 1. The SMILES string of the molecule is O=[N+]([O-])[O-].[NH4+].[Na+]. The van der Waals surface area contributed by atoms with Gasteiger partial charge in [-0.3, -0.25) is 0 Å². The summed E-state index contributed by atoms with van der Waals surface area (Å²) in [5, 5.41) is 14.8. The van der Waals surface area contributed by atoms with E-state index in [4.69, 9.17) is 15.3 Å². The molecule has 0 saturated heterocycles. The number of nitrogens with zero attached hydrogens (tertiary/aromatic N) is 1. The minimum absolute atomic E-state index is 0. The van der Waals surface area contributed by atoms with Crippen LogP contribution in [-0.2, 0) is 0 Å². The van der Waals surface area contributed by atoms with Crippen molar-refractivity contribution in [2.75, 3.05) is 0 Å². The van der Waals surface area contributed by atoms with Crippen LogP contribution in [0.1, 0.15) is 0 Å². The summed E-state index contributed by atoms with van der Waals surface area (Å²) < 4.78 is 0. The van der Waals surface area contributed by atoms with Gasteiger partial charge in [-0.15, -0.1) is 0 Å². The predicted molar refractivity (Wildman–Crippen MR) is 16.3 cm³/mol. The second-order valence-corrected chi connectivity index (χ2v) is 0.224. The van der Waals surface area contributed by atoms with Crippen molar-refractivity contribution in [3.8, 4) is 0 Å². The topological polar surface area (TPSA) is 103 Å². The minimum atomic E-state index is -1.75. The summed E-state index contributed by atoms with van der Waals surface area (Å²) in [6.07, 6.45) is 0. The van der Waals surface area contributed by atoms with E-state index in [-0.39, 0.29) is 35.7 Å². The Hall–Kier alpha value is 0.160. The Balaban J connectivity index is -0.0000000450. The van der Waals surface area contributed by atoms with E-state index in [1.807, 2.05) is 0 Å². The maximum Gasteiger partial charge on any atom is 1.00 e. The largest absolute Gasteiger partial charge is 1.00 e. The zero-order valence-electron chi connectivity index (χ0n) is 3.67. The molecule has 0 amide bonds. The molecule has 0 aliphatic heterocycles. The van der Waals surface area contributed by atoms with Gasteiger partial charge in [0.15, 0.2) is 0 Å². The standard InChI is InChI=1S/NO3.H3N.Na/c2-1(3)4;;/h;1H3;/q-1;;+1/p+1. The molecule has 0 aliphatic rings. The van der Waals surface area contributed by atoms with E-state index in [0.717, 1.165) is 0 Å². The molecular formula is H4N2NaO3+. The van der Waals surface area contributed by atoms with E-state index in [2.05, 4.69) is 0 Å². The van der Waals surface area contributed by atoms with Crippen LogP contribution in [0, 0.1) is 15.3 Å². The predicted octanol–water partition coefficient (Wildman–Crippen LogP) is -2.86. The van der Waals surface area contributed by atoms with Gasteiger partial charge in [0, 0.05) is 0 Å². The second kappa shape index (κ2) is 8.94. The van der Waals surface area contributed by atoms with E-state index in [1.165, 1.54) is 0 Å². The first kappa shape index (κ1) is 16.4. The summed E-state index contributed by atoms with van der Waals surface area (Å²) in [5.41, 5.74) is 0. The molecule has 0 aromatic rings. The molecule has 6 heteroatoms. The summed E-state index contributed by atoms with van der Waals surface area (Å²) in [7, 11) is 0. The molecule has 0 spiro atoms.